The van der Waals surface area contributed by atoms with Gasteiger partial charge in [-0.05, 0) is 42.3 Å². The largest absolute Gasteiger partial charge is 0.416 e. The summed E-state index contributed by atoms with van der Waals surface area (Å²) < 4.78 is 65.4. The zero-order chi connectivity index (χ0) is 22.3. The number of carbonyl (C=O) groups excluding carboxylic acids is 1. The Morgan fingerprint density at radius 2 is 1.77 bits per heavy atom. The molecule has 0 bridgehead atoms. The standard InChI is InChI=1S/C21H24F5N3O/c1-2-3-4-16(22)19(23)20(30)29-18-10-9-15(11-17(18)27)28-12-13-5-7-14(8-6-13)21(24,25)26/h5-11,16,19,28H,2-4,12,27H2,1H3,(H,29,30)/t16-,19+/m0/s1. The van der Waals surface area contributed by atoms with Crippen molar-refractivity contribution in [3.8, 4) is 0 Å². The number of hydrogen-bond donors (Lipinski definition) is 3. The molecule has 164 valence electrons. The van der Waals surface area contributed by atoms with Crippen LogP contribution in [-0.2, 0) is 17.5 Å². The Bertz CT molecular complexity index is 840. The molecule has 4 nitrogen and oxygen atoms in total. The maximum Gasteiger partial charge on any atom is 0.416 e. The lowest BCUT2D eigenvalue weighted by atomic mass is 10.1. The third kappa shape index (κ3) is 6.60. The zero-order valence-electron chi connectivity index (χ0n) is 16.4. The lowest BCUT2D eigenvalue weighted by Crippen LogP contribution is -2.32. The normalized spacial score (nSPS) is 13.5. The number of hydrogen-bond acceptors (Lipinski definition) is 3. The van der Waals surface area contributed by atoms with Crippen molar-refractivity contribution in [1.29, 1.82) is 0 Å². The Morgan fingerprint density at radius 3 is 2.33 bits per heavy atom. The van der Waals surface area contributed by atoms with E-state index in [0.29, 0.717) is 24.1 Å². The average molecular weight is 429 g/mol. The van der Waals surface area contributed by atoms with Crippen LogP contribution >= 0.6 is 0 Å². The molecule has 0 unspecified atom stereocenters. The fourth-order valence-electron chi connectivity index (χ4n) is 2.71. The predicted octanol–water partition coefficient (Wildman–Crippen LogP) is 5.70. The van der Waals surface area contributed by atoms with E-state index < -0.39 is 30.0 Å². The van der Waals surface area contributed by atoms with Crippen molar-refractivity contribution in [2.75, 3.05) is 16.4 Å². The topological polar surface area (TPSA) is 67.2 Å². The van der Waals surface area contributed by atoms with Crippen LogP contribution in [0.3, 0.4) is 0 Å². The van der Waals surface area contributed by atoms with Crippen molar-refractivity contribution in [3.05, 3.63) is 53.6 Å². The summed E-state index contributed by atoms with van der Waals surface area (Å²) in [5.41, 5.74) is 6.59. The van der Waals surface area contributed by atoms with Gasteiger partial charge in [0.25, 0.3) is 5.91 Å². The molecule has 0 spiro atoms. The van der Waals surface area contributed by atoms with Gasteiger partial charge in [0.2, 0.25) is 6.17 Å². The summed E-state index contributed by atoms with van der Waals surface area (Å²) >= 11 is 0. The average Bonchev–Trinajstić information content (AvgIpc) is 2.71. The Kier molecular flexibility index (Phi) is 8.02. The SMILES string of the molecule is CCCC[C@H](F)[C@@H](F)C(=O)Nc1ccc(NCc2ccc(C(F)(F)F)cc2)cc1N. The number of anilines is 3. The molecule has 0 saturated heterocycles. The van der Waals surface area contributed by atoms with Crippen LogP contribution in [0.25, 0.3) is 0 Å². The highest BCUT2D eigenvalue weighted by atomic mass is 19.4. The van der Waals surface area contributed by atoms with E-state index in [1.165, 1.54) is 24.3 Å². The van der Waals surface area contributed by atoms with Gasteiger partial charge in [-0.25, -0.2) is 8.78 Å². The first kappa shape index (κ1) is 23.4. The Morgan fingerprint density at radius 1 is 1.10 bits per heavy atom. The molecule has 0 fully saturated rings. The highest BCUT2D eigenvalue weighted by Crippen LogP contribution is 2.29. The van der Waals surface area contributed by atoms with Gasteiger partial charge in [0, 0.05) is 12.2 Å². The van der Waals surface area contributed by atoms with Gasteiger partial charge in [0.05, 0.1) is 16.9 Å². The van der Waals surface area contributed by atoms with E-state index in [1.54, 1.807) is 6.07 Å². The van der Waals surface area contributed by atoms with Gasteiger partial charge in [0.15, 0.2) is 0 Å². The Hall–Kier alpha value is -2.84. The van der Waals surface area contributed by atoms with Crippen molar-refractivity contribution in [2.24, 2.45) is 0 Å². The minimum atomic E-state index is -4.39. The number of alkyl halides is 5. The van der Waals surface area contributed by atoms with Crippen molar-refractivity contribution in [3.63, 3.8) is 0 Å². The summed E-state index contributed by atoms with van der Waals surface area (Å²) in [5, 5.41) is 5.27. The molecule has 2 aromatic carbocycles. The third-order valence-corrected chi connectivity index (χ3v) is 4.49. The molecule has 0 heterocycles. The van der Waals surface area contributed by atoms with Crippen molar-refractivity contribution in [1.82, 2.24) is 0 Å². The second-order valence-corrected chi connectivity index (χ2v) is 6.90. The van der Waals surface area contributed by atoms with Crippen LogP contribution in [0.15, 0.2) is 42.5 Å². The maximum atomic E-state index is 13.9. The van der Waals surface area contributed by atoms with E-state index in [2.05, 4.69) is 10.6 Å². The molecule has 2 aromatic rings. The minimum Gasteiger partial charge on any atom is -0.397 e. The van der Waals surface area contributed by atoms with Crippen LogP contribution in [0.5, 0.6) is 0 Å². The van der Waals surface area contributed by atoms with Crippen LogP contribution in [-0.4, -0.2) is 18.3 Å². The van der Waals surface area contributed by atoms with E-state index in [-0.39, 0.29) is 24.3 Å². The Balaban J connectivity index is 1.94. The molecule has 2 rings (SSSR count). The van der Waals surface area contributed by atoms with E-state index >= 15 is 0 Å². The van der Waals surface area contributed by atoms with Gasteiger partial charge < -0.3 is 16.4 Å². The molecule has 0 aliphatic rings. The summed E-state index contributed by atoms with van der Waals surface area (Å²) in [6.07, 6.45) is -7.41. The second-order valence-electron chi connectivity index (χ2n) is 6.90. The van der Waals surface area contributed by atoms with Crippen molar-refractivity contribution < 1.29 is 26.7 Å². The first-order valence-corrected chi connectivity index (χ1v) is 9.50. The highest BCUT2D eigenvalue weighted by Gasteiger charge is 2.30. The monoisotopic (exact) mass is 429 g/mol. The number of nitrogens with two attached hydrogens (primary N) is 1. The van der Waals surface area contributed by atoms with Gasteiger partial charge in [-0.1, -0.05) is 31.9 Å². The molecule has 0 aromatic heterocycles. The fourth-order valence-corrected chi connectivity index (χ4v) is 2.71. The van der Waals surface area contributed by atoms with Gasteiger partial charge in [-0.2, -0.15) is 13.2 Å². The molecule has 30 heavy (non-hydrogen) atoms. The predicted molar refractivity (Wildman–Crippen MR) is 108 cm³/mol. The van der Waals surface area contributed by atoms with Crippen molar-refractivity contribution in [2.45, 2.75) is 51.3 Å². The van der Waals surface area contributed by atoms with E-state index in [9.17, 15) is 26.7 Å². The van der Waals surface area contributed by atoms with Crippen LogP contribution in [0.2, 0.25) is 0 Å². The fraction of sp³-hybridized carbons (Fsp3) is 0.381. The molecular weight excluding hydrogens is 405 g/mol. The minimum absolute atomic E-state index is 0.0343. The Labute approximate surface area is 171 Å². The highest BCUT2D eigenvalue weighted by molar-refractivity contribution is 5.97. The number of halogens is 5. The molecule has 1 amide bonds. The molecule has 4 N–H and O–H groups in total. The van der Waals surface area contributed by atoms with E-state index in [1.807, 2.05) is 6.92 Å². The molecule has 2 atom stereocenters. The number of benzene rings is 2. The number of carbonyl (C=O) groups is 1. The summed E-state index contributed by atoms with van der Waals surface area (Å²) in [5.74, 6) is -1.10. The van der Waals surface area contributed by atoms with Gasteiger partial charge >= 0.3 is 6.18 Å². The number of amides is 1. The molecule has 0 radical (unpaired) electrons. The molecule has 0 aliphatic carbocycles. The lowest BCUT2D eigenvalue weighted by molar-refractivity contribution is -0.137. The molecular formula is C21H24F5N3O. The second kappa shape index (κ2) is 10.3. The summed E-state index contributed by atoms with van der Waals surface area (Å²) in [4.78, 5) is 11.9. The first-order chi connectivity index (χ1) is 14.1. The van der Waals surface area contributed by atoms with Gasteiger partial charge in [-0.3, -0.25) is 4.79 Å². The van der Waals surface area contributed by atoms with E-state index in [4.69, 9.17) is 5.73 Å². The third-order valence-electron chi connectivity index (χ3n) is 4.49. The lowest BCUT2D eigenvalue weighted by Gasteiger charge is -2.15. The quantitative estimate of drug-likeness (QED) is 0.354. The summed E-state index contributed by atoms with van der Waals surface area (Å²) in [6, 6.07) is 9.20. The van der Waals surface area contributed by atoms with Crippen LogP contribution < -0.4 is 16.4 Å². The van der Waals surface area contributed by atoms with Gasteiger partial charge in [0.1, 0.15) is 6.17 Å². The first-order valence-electron chi connectivity index (χ1n) is 9.50. The summed E-state index contributed by atoms with van der Waals surface area (Å²) in [6.45, 7) is 2.09. The summed E-state index contributed by atoms with van der Waals surface area (Å²) in [7, 11) is 0. The van der Waals surface area contributed by atoms with E-state index in [0.717, 1.165) is 12.1 Å². The number of nitrogens with one attached hydrogen (secondary N) is 2. The number of rotatable bonds is 9. The molecule has 9 heteroatoms. The number of nitrogen functional groups attached to an aromatic ring is 1. The van der Waals surface area contributed by atoms with Crippen molar-refractivity contribution >= 4 is 23.0 Å². The number of unbranched alkanes of at least 4 members (excludes halogenated alkanes) is 1. The van der Waals surface area contributed by atoms with Crippen LogP contribution in [0.4, 0.5) is 39.0 Å². The molecule has 0 saturated carbocycles. The van der Waals surface area contributed by atoms with Crippen LogP contribution in [0, 0.1) is 0 Å². The smallest absolute Gasteiger partial charge is 0.397 e. The zero-order valence-corrected chi connectivity index (χ0v) is 16.4. The van der Waals surface area contributed by atoms with Gasteiger partial charge in [-0.15, -0.1) is 0 Å². The van der Waals surface area contributed by atoms with Crippen LogP contribution in [0.1, 0.15) is 37.3 Å². The maximum absolute atomic E-state index is 13.9. The molecule has 0 aliphatic heterocycles.